The van der Waals surface area contributed by atoms with Gasteiger partial charge in [-0.15, -0.1) is 0 Å². The summed E-state index contributed by atoms with van der Waals surface area (Å²) in [6, 6.07) is 5.72. The van der Waals surface area contributed by atoms with Gasteiger partial charge in [-0.2, -0.15) is 21.0 Å². The van der Waals surface area contributed by atoms with Gasteiger partial charge in [-0.05, 0) is 26.8 Å². The molecular weight excluding hydrogens is 374 g/mol. The SMILES string of the molecule is CCOC(=O)C1=C(C(=O)OCC)C(C#N)(C#N)C(C#N)(C#N)C2C=CC=C(C)N12. The lowest BCUT2D eigenvalue weighted by Gasteiger charge is -2.49. The number of carbonyl (C=O) groups is 2. The van der Waals surface area contributed by atoms with Crippen LogP contribution >= 0.6 is 0 Å². The Morgan fingerprint density at radius 2 is 1.59 bits per heavy atom. The van der Waals surface area contributed by atoms with Crippen molar-refractivity contribution in [3.8, 4) is 24.3 Å². The second kappa shape index (κ2) is 7.89. The van der Waals surface area contributed by atoms with E-state index in [0.717, 1.165) is 0 Å². The van der Waals surface area contributed by atoms with Crippen LogP contribution in [0.3, 0.4) is 0 Å². The fraction of sp³-hybridized carbons (Fsp3) is 0.400. The van der Waals surface area contributed by atoms with Crippen molar-refractivity contribution in [2.75, 3.05) is 13.2 Å². The highest BCUT2D eigenvalue weighted by atomic mass is 16.5. The van der Waals surface area contributed by atoms with Gasteiger partial charge in [-0.25, -0.2) is 9.59 Å². The van der Waals surface area contributed by atoms with E-state index in [1.165, 1.54) is 17.9 Å². The van der Waals surface area contributed by atoms with Gasteiger partial charge in [0.15, 0.2) is 0 Å². The van der Waals surface area contributed by atoms with Gasteiger partial charge in [0.25, 0.3) is 0 Å². The Morgan fingerprint density at radius 1 is 1.03 bits per heavy atom. The van der Waals surface area contributed by atoms with E-state index in [-0.39, 0.29) is 13.2 Å². The van der Waals surface area contributed by atoms with E-state index in [9.17, 15) is 30.6 Å². The predicted molar refractivity (Wildman–Crippen MR) is 96.1 cm³/mol. The third-order valence-corrected chi connectivity index (χ3v) is 4.81. The van der Waals surface area contributed by atoms with Crippen LogP contribution in [-0.4, -0.2) is 36.1 Å². The Labute approximate surface area is 167 Å². The summed E-state index contributed by atoms with van der Waals surface area (Å²) in [5.74, 6) is -2.11. The zero-order valence-electron chi connectivity index (χ0n) is 16.1. The molecule has 9 heteroatoms. The third kappa shape index (κ3) is 2.73. The summed E-state index contributed by atoms with van der Waals surface area (Å²) in [4.78, 5) is 27.0. The van der Waals surface area contributed by atoms with E-state index in [1.54, 1.807) is 50.3 Å². The molecule has 0 aliphatic carbocycles. The van der Waals surface area contributed by atoms with Crippen LogP contribution in [0.2, 0.25) is 0 Å². The van der Waals surface area contributed by atoms with Gasteiger partial charge >= 0.3 is 11.9 Å². The molecule has 0 aromatic heterocycles. The van der Waals surface area contributed by atoms with Crippen molar-refractivity contribution in [1.29, 1.82) is 21.0 Å². The normalized spacial score (nSPS) is 20.7. The molecule has 0 aromatic rings. The molecule has 2 heterocycles. The first-order valence-corrected chi connectivity index (χ1v) is 8.74. The van der Waals surface area contributed by atoms with Crippen LogP contribution in [-0.2, 0) is 19.1 Å². The largest absolute Gasteiger partial charge is 0.462 e. The van der Waals surface area contributed by atoms with Gasteiger partial charge in [-0.1, -0.05) is 12.2 Å². The van der Waals surface area contributed by atoms with Crippen LogP contribution < -0.4 is 0 Å². The van der Waals surface area contributed by atoms with Crippen molar-refractivity contribution in [2.45, 2.75) is 26.8 Å². The van der Waals surface area contributed by atoms with Crippen LogP contribution in [0.25, 0.3) is 0 Å². The van der Waals surface area contributed by atoms with Crippen LogP contribution in [0.1, 0.15) is 20.8 Å². The topological polar surface area (TPSA) is 151 Å². The standard InChI is InChI=1S/C20H17N5O4/c1-4-28-17(26)15-16(18(27)29-5-2)25-13(3)7-6-8-14(25)19(9-21,10-22)20(15,11-23)12-24/h6-8,14H,4-5H2,1-3H3. The Hall–Kier alpha value is -4.08. The number of nitriles is 4. The molecular formula is C20H17N5O4. The minimum atomic E-state index is -2.59. The lowest BCUT2D eigenvalue weighted by molar-refractivity contribution is -0.145. The van der Waals surface area contributed by atoms with Crippen molar-refractivity contribution < 1.29 is 19.1 Å². The molecule has 2 aliphatic heterocycles. The minimum absolute atomic E-state index is 0.0384. The summed E-state index contributed by atoms with van der Waals surface area (Å²) in [7, 11) is 0. The highest BCUT2D eigenvalue weighted by Gasteiger charge is 2.69. The summed E-state index contributed by atoms with van der Waals surface area (Å²) < 4.78 is 10.1. The Morgan fingerprint density at radius 3 is 2.07 bits per heavy atom. The fourth-order valence-electron chi connectivity index (χ4n) is 3.55. The molecule has 9 nitrogen and oxygen atoms in total. The van der Waals surface area contributed by atoms with Crippen molar-refractivity contribution in [3.05, 3.63) is 35.2 Å². The zero-order valence-corrected chi connectivity index (χ0v) is 16.1. The minimum Gasteiger partial charge on any atom is -0.462 e. The third-order valence-electron chi connectivity index (χ3n) is 4.81. The van der Waals surface area contributed by atoms with Gasteiger partial charge in [0.1, 0.15) is 11.3 Å². The molecule has 0 bridgehead atoms. The highest BCUT2D eigenvalue weighted by molar-refractivity contribution is 6.03. The van der Waals surface area contributed by atoms with E-state index in [2.05, 4.69) is 0 Å². The van der Waals surface area contributed by atoms with E-state index < -0.39 is 40.1 Å². The molecule has 29 heavy (non-hydrogen) atoms. The lowest BCUT2D eigenvalue weighted by atomic mass is 9.55. The van der Waals surface area contributed by atoms with Crippen LogP contribution in [0.4, 0.5) is 0 Å². The molecule has 0 saturated carbocycles. The molecule has 146 valence electrons. The van der Waals surface area contributed by atoms with Gasteiger partial charge in [0.05, 0.1) is 43.5 Å². The molecule has 0 fully saturated rings. The number of carbonyl (C=O) groups excluding carboxylic acids is 2. The quantitative estimate of drug-likeness (QED) is 0.650. The zero-order chi connectivity index (χ0) is 21.8. The fourth-order valence-corrected chi connectivity index (χ4v) is 3.55. The first-order valence-electron chi connectivity index (χ1n) is 8.74. The summed E-state index contributed by atoms with van der Waals surface area (Å²) in [6.45, 7) is 4.51. The maximum Gasteiger partial charge on any atom is 0.355 e. The van der Waals surface area contributed by atoms with Crippen molar-refractivity contribution in [1.82, 2.24) is 4.90 Å². The summed E-state index contributed by atoms with van der Waals surface area (Å²) in [6.07, 6.45) is 4.59. The number of nitrogens with zero attached hydrogens (tertiary/aromatic N) is 5. The van der Waals surface area contributed by atoms with Gasteiger partial charge in [0.2, 0.25) is 10.8 Å². The van der Waals surface area contributed by atoms with Crippen molar-refractivity contribution in [2.24, 2.45) is 10.8 Å². The number of hydrogen-bond acceptors (Lipinski definition) is 9. The van der Waals surface area contributed by atoms with Crippen LogP contribution in [0, 0.1) is 56.2 Å². The highest BCUT2D eigenvalue weighted by Crippen LogP contribution is 2.55. The first kappa shape index (κ1) is 21.2. The maximum absolute atomic E-state index is 12.9. The van der Waals surface area contributed by atoms with E-state index in [1.807, 2.05) is 0 Å². The number of rotatable bonds is 4. The number of ether oxygens (including phenoxy) is 2. The number of allylic oxidation sites excluding steroid dienone is 3. The molecule has 1 atom stereocenters. The lowest BCUT2D eigenvalue weighted by Crippen LogP contribution is -2.61. The van der Waals surface area contributed by atoms with Crippen LogP contribution in [0.5, 0.6) is 0 Å². The smallest absolute Gasteiger partial charge is 0.355 e. The molecule has 0 radical (unpaired) electrons. The Kier molecular flexibility index (Phi) is 5.77. The second-order valence-corrected chi connectivity index (χ2v) is 6.18. The maximum atomic E-state index is 12.9. The Bertz CT molecular complexity index is 981. The van der Waals surface area contributed by atoms with Gasteiger partial charge < -0.3 is 14.4 Å². The van der Waals surface area contributed by atoms with Gasteiger partial charge in [0, 0.05) is 5.70 Å². The number of fused-ring (bicyclic) bond motifs is 1. The average Bonchev–Trinajstić information content (AvgIpc) is 2.72. The Balaban J connectivity index is 3.11. The van der Waals surface area contributed by atoms with Crippen LogP contribution in [0.15, 0.2) is 35.2 Å². The number of hydrogen-bond donors (Lipinski definition) is 0. The molecule has 2 rings (SSSR count). The molecule has 0 amide bonds. The van der Waals surface area contributed by atoms with Gasteiger partial charge in [-0.3, -0.25) is 0 Å². The summed E-state index contributed by atoms with van der Waals surface area (Å²) >= 11 is 0. The monoisotopic (exact) mass is 391 g/mol. The predicted octanol–water partition coefficient (Wildman–Crippen LogP) is 1.59. The number of esters is 2. The summed E-state index contributed by atoms with van der Waals surface area (Å²) in [5.41, 5.74) is -5.56. The molecule has 0 saturated heterocycles. The average molecular weight is 391 g/mol. The summed E-state index contributed by atoms with van der Waals surface area (Å²) in [5, 5.41) is 39.9. The molecule has 0 N–H and O–H groups in total. The van der Waals surface area contributed by atoms with Crippen molar-refractivity contribution >= 4 is 11.9 Å². The second-order valence-electron chi connectivity index (χ2n) is 6.18. The van der Waals surface area contributed by atoms with E-state index in [0.29, 0.717) is 5.70 Å². The molecule has 0 aromatic carbocycles. The van der Waals surface area contributed by atoms with E-state index in [4.69, 9.17) is 9.47 Å². The first-order chi connectivity index (χ1) is 13.8. The molecule has 0 spiro atoms. The molecule has 2 aliphatic rings. The van der Waals surface area contributed by atoms with E-state index >= 15 is 0 Å². The molecule has 1 unspecified atom stereocenters. The van der Waals surface area contributed by atoms with Crippen molar-refractivity contribution in [3.63, 3.8) is 0 Å².